The molecule has 4 rings (SSSR count). The van der Waals surface area contributed by atoms with Crippen LogP contribution in [0.15, 0.2) is 48.6 Å². The number of nitro groups is 1. The van der Waals surface area contributed by atoms with Gasteiger partial charge >= 0.3 is 0 Å². The summed E-state index contributed by atoms with van der Waals surface area (Å²) in [6.45, 7) is 0. The molecule has 2 aromatic carbocycles. The van der Waals surface area contributed by atoms with E-state index >= 15 is 0 Å². The van der Waals surface area contributed by atoms with Gasteiger partial charge in [0, 0.05) is 21.2 Å². The Labute approximate surface area is 158 Å². The first-order valence-corrected chi connectivity index (χ1v) is 9.17. The van der Waals surface area contributed by atoms with Crippen LogP contribution in [0.2, 0.25) is 5.02 Å². The van der Waals surface area contributed by atoms with Gasteiger partial charge in [0.05, 0.1) is 11.0 Å². The molecule has 0 unspecified atom stereocenters. The smallest absolute Gasteiger partial charge is 0.288 e. The Bertz CT molecular complexity index is 868. The van der Waals surface area contributed by atoms with Gasteiger partial charge in [0.1, 0.15) is 5.02 Å². The molecule has 2 aliphatic rings. The van der Waals surface area contributed by atoms with E-state index in [-0.39, 0.29) is 16.8 Å². The molecule has 4 nitrogen and oxygen atoms in total. The van der Waals surface area contributed by atoms with Crippen LogP contribution in [0.1, 0.15) is 29.5 Å². The van der Waals surface area contributed by atoms with E-state index in [1.165, 1.54) is 9.13 Å². The van der Waals surface area contributed by atoms with E-state index in [1.54, 1.807) is 12.1 Å². The van der Waals surface area contributed by atoms with E-state index in [2.05, 4.69) is 58.3 Å². The highest BCUT2D eigenvalue weighted by atomic mass is 127. The van der Waals surface area contributed by atoms with E-state index < -0.39 is 4.92 Å². The highest BCUT2D eigenvalue weighted by Gasteiger charge is 2.38. The highest BCUT2D eigenvalue weighted by Crippen LogP contribution is 2.50. The first kappa shape index (κ1) is 15.9. The highest BCUT2D eigenvalue weighted by molar-refractivity contribution is 14.1. The molecule has 0 saturated heterocycles. The number of nitrogens with one attached hydrogen (secondary N) is 1. The van der Waals surface area contributed by atoms with Gasteiger partial charge in [-0.1, -0.05) is 29.8 Å². The average molecular weight is 453 g/mol. The van der Waals surface area contributed by atoms with Crippen LogP contribution in [0, 0.1) is 19.6 Å². The Morgan fingerprint density at radius 2 is 2.08 bits per heavy atom. The van der Waals surface area contributed by atoms with Gasteiger partial charge in [0.15, 0.2) is 0 Å². The number of allylic oxidation sites excluding steroid dienone is 2. The number of nitrogens with zero attached hydrogens (tertiary/aromatic N) is 1. The molecule has 3 atom stereocenters. The third-order valence-corrected chi connectivity index (χ3v) is 5.84. The number of nitro benzene ring substituents is 1. The molecule has 6 heteroatoms. The predicted molar refractivity (Wildman–Crippen MR) is 104 cm³/mol. The fraction of sp³-hybridized carbons (Fsp3) is 0.222. The van der Waals surface area contributed by atoms with E-state index in [0.29, 0.717) is 11.8 Å². The van der Waals surface area contributed by atoms with Crippen LogP contribution < -0.4 is 5.32 Å². The summed E-state index contributed by atoms with van der Waals surface area (Å²) in [5, 5.41) is 15.0. The number of fused-ring (bicyclic) bond motifs is 3. The molecule has 0 aromatic heterocycles. The summed E-state index contributed by atoms with van der Waals surface area (Å²) in [5.41, 5.74) is 3.28. The van der Waals surface area contributed by atoms with Crippen LogP contribution in [0.5, 0.6) is 0 Å². The monoisotopic (exact) mass is 452 g/mol. The van der Waals surface area contributed by atoms with Crippen molar-refractivity contribution >= 4 is 45.6 Å². The lowest BCUT2D eigenvalue weighted by Gasteiger charge is -2.37. The lowest BCUT2D eigenvalue weighted by molar-refractivity contribution is -0.384. The molecule has 0 saturated carbocycles. The predicted octanol–water partition coefficient (Wildman–Crippen LogP) is 5.68. The lowest BCUT2D eigenvalue weighted by Crippen LogP contribution is -2.29. The summed E-state index contributed by atoms with van der Waals surface area (Å²) >= 11 is 8.29. The second-order valence-corrected chi connectivity index (χ2v) is 7.83. The van der Waals surface area contributed by atoms with Crippen LogP contribution >= 0.6 is 34.2 Å². The summed E-state index contributed by atoms with van der Waals surface area (Å²) in [6, 6.07) is 11.5. The molecule has 1 aliphatic carbocycles. The lowest BCUT2D eigenvalue weighted by atomic mass is 9.77. The summed E-state index contributed by atoms with van der Waals surface area (Å²) < 4.78 is 1.22. The Morgan fingerprint density at radius 1 is 1.25 bits per heavy atom. The Kier molecular flexibility index (Phi) is 4.00. The van der Waals surface area contributed by atoms with Gasteiger partial charge in [-0.2, -0.15) is 0 Å². The van der Waals surface area contributed by atoms with Crippen molar-refractivity contribution in [2.24, 2.45) is 5.92 Å². The Morgan fingerprint density at radius 3 is 2.88 bits per heavy atom. The first-order valence-electron chi connectivity index (χ1n) is 7.71. The molecule has 2 aromatic rings. The number of benzene rings is 2. The minimum absolute atomic E-state index is 0.0353. The summed E-state index contributed by atoms with van der Waals surface area (Å²) in [5.74, 6) is 0.701. The topological polar surface area (TPSA) is 55.2 Å². The molecule has 24 heavy (non-hydrogen) atoms. The normalized spacial score (nSPS) is 24.2. The van der Waals surface area contributed by atoms with Gasteiger partial charge in [-0.15, -0.1) is 0 Å². The minimum Gasteiger partial charge on any atom is -0.378 e. The van der Waals surface area contributed by atoms with Crippen molar-refractivity contribution in [3.63, 3.8) is 0 Å². The fourth-order valence-corrected chi connectivity index (χ4v) is 4.46. The SMILES string of the molecule is O=[N+]([O-])c1cc([C@@H]2Nc3ccc(I)cc3[C@H]3C=CC[C@@H]32)ccc1Cl. The third kappa shape index (κ3) is 2.59. The van der Waals surface area contributed by atoms with Crippen LogP contribution in [-0.4, -0.2) is 4.92 Å². The number of rotatable bonds is 2. The summed E-state index contributed by atoms with van der Waals surface area (Å²) in [6.07, 6.45) is 5.44. The minimum atomic E-state index is -0.421. The Hall–Kier alpha value is -1.60. The molecule has 1 aliphatic heterocycles. The standard InChI is InChI=1S/C18H14ClIN2O2/c19-15-6-4-10(8-17(15)22(23)24)18-13-3-1-2-12(13)14-9-11(20)5-7-16(14)21-18/h1-2,4-9,12-13,18,21H,3H2/t12-,13-,18-/m0/s1. The molecule has 0 fully saturated rings. The van der Waals surface area contributed by atoms with Crippen LogP contribution in [0.4, 0.5) is 11.4 Å². The summed E-state index contributed by atoms with van der Waals surface area (Å²) in [4.78, 5) is 10.8. The van der Waals surface area contributed by atoms with Gasteiger partial charge in [0.25, 0.3) is 5.69 Å². The van der Waals surface area contributed by atoms with E-state index in [1.807, 2.05) is 6.07 Å². The van der Waals surface area contributed by atoms with Crippen LogP contribution in [0.25, 0.3) is 0 Å². The zero-order chi connectivity index (χ0) is 16.8. The van der Waals surface area contributed by atoms with Gasteiger partial charge in [0.2, 0.25) is 0 Å². The molecule has 0 radical (unpaired) electrons. The maximum atomic E-state index is 11.2. The quantitative estimate of drug-likeness (QED) is 0.276. The van der Waals surface area contributed by atoms with Crippen molar-refractivity contribution in [3.05, 3.63) is 78.4 Å². The van der Waals surface area contributed by atoms with E-state index in [9.17, 15) is 10.1 Å². The van der Waals surface area contributed by atoms with Crippen molar-refractivity contribution in [3.8, 4) is 0 Å². The van der Waals surface area contributed by atoms with E-state index in [0.717, 1.165) is 17.7 Å². The largest absolute Gasteiger partial charge is 0.378 e. The number of hydrogen-bond acceptors (Lipinski definition) is 3. The molecular weight excluding hydrogens is 439 g/mol. The van der Waals surface area contributed by atoms with Crippen molar-refractivity contribution in [2.45, 2.75) is 18.4 Å². The van der Waals surface area contributed by atoms with Gasteiger partial charge in [-0.05, 0) is 70.3 Å². The van der Waals surface area contributed by atoms with Crippen LogP contribution in [-0.2, 0) is 0 Å². The third-order valence-electron chi connectivity index (χ3n) is 4.85. The zero-order valence-electron chi connectivity index (χ0n) is 12.6. The van der Waals surface area contributed by atoms with Gasteiger partial charge < -0.3 is 5.32 Å². The zero-order valence-corrected chi connectivity index (χ0v) is 15.5. The molecule has 1 N–H and O–H groups in total. The fourth-order valence-electron chi connectivity index (χ4n) is 3.76. The molecule has 0 bridgehead atoms. The first-order chi connectivity index (χ1) is 11.5. The van der Waals surface area contributed by atoms with E-state index in [4.69, 9.17) is 11.6 Å². The maximum absolute atomic E-state index is 11.2. The molecular formula is C18H14ClIN2O2. The van der Waals surface area contributed by atoms with Crippen molar-refractivity contribution in [1.82, 2.24) is 0 Å². The number of hydrogen-bond donors (Lipinski definition) is 1. The number of halogens is 2. The van der Waals surface area contributed by atoms with Gasteiger partial charge in [-0.3, -0.25) is 10.1 Å². The second kappa shape index (κ2) is 6.04. The van der Waals surface area contributed by atoms with Crippen LogP contribution in [0.3, 0.4) is 0 Å². The van der Waals surface area contributed by atoms with Crippen molar-refractivity contribution in [1.29, 1.82) is 0 Å². The summed E-state index contributed by atoms with van der Waals surface area (Å²) in [7, 11) is 0. The molecule has 0 amide bonds. The van der Waals surface area contributed by atoms with Crippen molar-refractivity contribution < 1.29 is 4.92 Å². The molecule has 1 heterocycles. The van der Waals surface area contributed by atoms with Gasteiger partial charge in [-0.25, -0.2) is 0 Å². The molecule has 0 spiro atoms. The Balaban J connectivity index is 1.79. The molecule has 122 valence electrons. The number of anilines is 1. The second-order valence-electron chi connectivity index (χ2n) is 6.18. The maximum Gasteiger partial charge on any atom is 0.288 e. The van der Waals surface area contributed by atoms with Crippen molar-refractivity contribution in [2.75, 3.05) is 5.32 Å². The average Bonchev–Trinajstić information content (AvgIpc) is 3.04.